The van der Waals surface area contributed by atoms with Gasteiger partial charge in [0.1, 0.15) is 0 Å². The summed E-state index contributed by atoms with van der Waals surface area (Å²) in [4.78, 5) is 7.75. The molecule has 0 bridgehead atoms. The van der Waals surface area contributed by atoms with Crippen LogP contribution in [0.5, 0.6) is 0 Å². The summed E-state index contributed by atoms with van der Waals surface area (Å²) >= 11 is 4.98. The summed E-state index contributed by atoms with van der Waals surface area (Å²) in [7, 11) is 0. The molecule has 0 saturated heterocycles. The van der Waals surface area contributed by atoms with Crippen molar-refractivity contribution in [1.29, 1.82) is 0 Å². The molecule has 1 N–H and O–H groups in total. The van der Waals surface area contributed by atoms with Crippen LogP contribution in [0, 0.1) is 6.92 Å². The van der Waals surface area contributed by atoms with Crippen molar-refractivity contribution >= 4 is 38.7 Å². The number of fused-ring (bicyclic) bond motifs is 1. The van der Waals surface area contributed by atoms with Crippen molar-refractivity contribution in [3.8, 4) is 0 Å². The zero-order valence-electron chi connectivity index (χ0n) is 8.38. The fraction of sp³-hybridized carbons (Fsp3) is 0.182. The van der Waals surface area contributed by atoms with E-state index in [9.17, 15) is 0 Å². The summed E-state index contributed by atoms with van der Waals surface area (Å²) in [6.07, 6.45) is 0. The van der Waals surface area contributed by atoms with Gasteiger partial charge in [-0.3, -0.25) is 0 Å². The normalized spacial score (nSPS) is 10.8. The van der Waals surface area contributed by atoms with Crippen LogP contribution in [0.15, 0.2) is 34.4 Å². The summed E-state index contributed by atoms with van der Waals surface area (Å²) < 4.78 is 0.976. The molecule has 0 radical (unpaired) electrons. The van der Waals surface area contributed by atoms with Crippen LogP contribution in [0.4, 0.5) is 0 Å². The predicted octanol–water partition coefficient (Wildman–Crippen LogP) is 3.87. The summed E-state index contributed by atoms with van der Waals surface area (Å²) in [6.45, 7) is 5.87. The zero-order valence-corrected chi connectivity index (χ0v) is 10.8. The lowest BCUT2D eigenvalue weighted by Crippen LogP contribution is -1.78. The van der Waals surface area contributed by atoms with E-state index in [1.807, 2.05) is 6.07 Å². The summed E-state index contributed by atoms with van der Waals surface area (Å²) in [5, 5.41) is 0.941. The number of aromatic amines is 1. The molecule has 0 saturated carbocycles. The zero-order chi connectivity index (χ0) is 10.8. The van der Waals surface area contributed by atoms with Crippen LogP contribution in [0.3, 0.4) is 0 Å². The number of thioether (sulfide) groups is 1. The van der Waals surface area contributed by atoms with Crippen LogP contribution in [0.1, 0.15) is 5.56 Å². The third kappa shape index (κ3) is 2.63. The van der Waals surface area contributed by atoms with E-state index in [0.29, 0.717) is 0 Å². The fourth-order valence-corrected chi connectivity index (χ4v) is 2.30. The molecule has 1 aromatic carbocycles. The van der Waals surface area contributed by atoms with Gasteiger partial charge in [-0.05, 0) is 29.1 Å². The maximum Gasteiger partial charge on any atom is 0.166 e. The topological polar surface area (TPSA) is 28.7 Å². The van der Waals surface area contributed by atoms with E-state index in [1.165, 1.54) is 5.56 Å². The second kappa shape index (κ2) is 4.41. The maximum absolute atomic E-state index is 4.47. The minimum absolute atomic E-state index is 0.832. The molecular weight excluding hydrogens is 272 g/mol. The van der Waals surface area contributed by atoms with Crippen LogP contribution >= 0.6 is 27.7 Å². The SMILES string of the molecule is C=C(Br)CSc1nc2ccc(C)cc2[nH]1. The van der Waals surface area contributed by atoms with Crippen LogP contribution < -0.4 is 0 Å². The van der Waals surface area contributed by atoms with Crippen LogP contribution in [-0.2, 0) is 0 Å². The Balaban J connectivity index is 2.27. The minimum atomic E-state index is 0.832. The van der Waals surface area contributed by atoms with Gasteiger partial charge in [-0.2, -0.15) is 0 Å². The Bertz CT molecular complexity index is 504. The largest absolute Gasteiger partial charge is 0.333 e. The van der Waals surface area contributed by atoms with Crippen molar-refractivity contribution in [2.75, 3.05) is 5.75 Å². The molecular formula is C11H11BrN2S. The maximum atomic E-state index is 4.47. The van der Waals surface area contributed by atoms with E-state index in [4.69, 9.17) is 0 Å². The number of aromatic nitrogens is 2. The highest BCUT2D eigenvalue weighted by molar-refractivity contribution is 9.11. The number of H-pyrrole nitrogens is 1. The Labute approximate surface area is 101 Å². The molecule has 4 heteroatoms. The van der Waals surface area contributed by atoms with Gasteiger partial charge in [0.25, 0.3) is 0 Å². The van der Waals surface area contributed by atoms with Crippen molar-refractivity contribution in [3.63, 3.8) is 0 Å². The standard InChI is InChI=1S/C11H11BrN2S/c1-7-3-4-9-10(5-7)14-11(13-9)15-6-8(2)12/h3-5H,2,6H2,1H3,(H,13,14). The molecule has 2 rings (SSSR count). The highest BCUT2D eigenvalue weighted by atomic mass is 79.9. The first kappa shape index (κ1) is 10.8. The van der Waals surface area contributed by atoms with Gasteiger partial charge in [0, 0.05) is 5.75 Å². The van der Waals surface area contributed by atoms with E-state index in [2.05, 4.69) is 51.5 Å². The smallest absolute Gasteiger partial charge is 0.166 e. The number of halogens is 1. The molecule has 2 aromatic rings. The van der Waals surface area contributed by atoms with Crippen LogP contribution in [-0.4, -0.2) is 15.7 Å². The number of hydrogen-bond acceptors (Lipinski definition) is 2. The first-order valence-electron chi connectivity index (χ1n) is 4.57. The summed E-state index contributed by atoms with van der Waals surface area (Å²) in [6, 6.07) is 6.21. The molecule has 0 aliphatic carbocycles. The summed E-state index contributed by atoms with van der Waals surface area (Å²) in [5.41, 5.74) is 3.36. The number of imidazole rings is 1. The molecule has 0 unspecified atom stereocenters. The lowest BCUT2D eigenvalue weighted by molar-refractivity contribution is 1.08. The van der Waals surface area contributed by atoms with Gasteiger partial charge in [-0.25, -0.2) is 4.98 Å². The van der Waals surface area contributed by atoms with E-state index in [0.717, 1.165) is 26.4 Å². The lowest BCUT2D eigenvalue weighted by Gasteiger charge is -1.93. The Hall–Kier alpha value is -0.740. The highest BCUT2D eigenvalue weighted by Gasteiger charge is 2.03. The number of hydrogen-bond donors (Lipinski definition) is 1. The van der Waals surface area contributed by atoms with E-state index in [1.54, 1.807) is 11.8 Å². The van der Waals surface area contributed by atoms with Crippen molar-refractivity contribution in [1.82, 2.24) is 9.97 Å². The fourth-order valence-electron chi connectivity index (χ4n) is 1.32. The third-order valence-corrected chi connectivity index (χ3v) is 3.59. The third-order valence-electron chi connectivity index (χ3n) is 1.98. The monoisotopic (exact) mass is 282 g/mol. The van der Waals surface area contributed by atoms with Gasteiger partial charge in [-0.1, -0.05) is 40.3 Å². The number of nitrogens with zero attached hydrogens (tertiary/aromatic N) is 1. The molecule has 0 spiro atoms. The van der Waals surface area contributed by atoms with E-state index < -0.39 is 0 Å². The molecule has 1 aromatic heterocycles. The Morgan fingerprint density at radius 1 is 1.60 bits per heavy atom. The second-order valence-electron chi connectivity index (χ2n) is 3.37. The quantitative estimate of drug-likeness (QED) is 0.866. The summed E-state index contributed by atoms with van der Waals surface area (Å²) in [5.74, 6) is 0.832. The Morgan fingerprint density at radius 2 is 2.40 bits per heavy atom. The first-order valence-corrected chi connectivity index (χ1v) is 6.35. The Kier molecular flexibility index (Phi) is 3.17. The highest BCUT2D eigenvalue weighted by Crippen LogP contribution is 2.22. The molecule has 15 heavy (non-hydrogen) atoms. The van der Waals surface area contributed by atoms with Gasteiger partial charge >= 0.3 is 0 Å². The number of nitrogens with one attached hydrogen (secondary N) is 1. The molecule has 78 valence electrons. The second-order valence-corrected chi connectivity index (χ2v) is 5.45. The molecule has 0 aliphatic rings. The number of aryl methyl sites for hydroxylation is 1. The van der Waals surface area contributed by atoms with Crippen LogP contribution in [0.25, 0.3) is 11.0 Å². The van der Waals surface area contributed by atoms with Crippen molar-refractivity contribution < 1.29 is 0 Å². The first-order chi connectivity index (χ1) is 7.15. The Morgan fingerprint density at radius 3 is 3.13 bits per heavy atom. The molecule has 0 fully saturated rings. The van der Waals surface area contributed by atoms with E-state index in [-0.39, 0.29) is 0 Å². The minimum Gasteiger partial charge on any atom is -0.333 e. The van der Waals surface area contributed by atoms with Crippen molar-refractivity contribution in [3.05, 3.63) is 34.8 Å². The van der Waals surface area contributed by atoms with Crippen molar-refractivity contribution in [2.45, 2.75) is 12.1 Å². The van der Waals surface area contributed by atoms with Gasteiger partial charge in [0.2, 0.25) is 0 Å². The molecule has 2 nitrogen and oxygen atoms in total. The van der Waals surface area contributed by atoms with E-state index >= 15 is 0 Å². The number of benzene rings is 1. The molecule has 0 amide bonds. The van der Waals surface area contributed by atoms with Gasteiger partial charge in [0.15, 0.2) is 5.16 Å². The number of rotatable bonds is 3. The van der Waals surface area contributed by atoms with Crippen molar-refractivity contribution in [2.24, 2.45) is 0 Å². The van der Waals surface area contributed by atoms with Gasteiger partial charge < -0.3 is 4.98 Å². The molecule has 0 aliphatic heterocycles. The van der Waals surface area contributed by atoms with Crippen LogP contribution in [0.2, 0.25) is 0 Å². The predicted molar refractivity (Wildman–Crippen MR) is 69.6 cm³/mol. The molecule has 1 heterocycles. The van der Waals surface area contributed by atoms with Gasteiger partial charge in [0.05, 0.1) is 11.0 Å². The average molecular weight is 283 g/mol. The van der Waals surface area contributed by atoms with Gasteiger partial charge in [-0.15, -0.1) is 0 Å². The molecule has 0 atom stereocenters. The lowest BCUT2D eigenvalue weighted by atomic mass is 10.2. The average Bonchev–Trinajstić information content (AvgIpc) is 2.56.